The van der Waals surface area contributed by atoms with E-state index >= 15 is 0 Å². The Labute approximate surface area is 168 Å². The largest absolute Gasteiger partial charge is 0.508 e. The normalized spacial score (nSPS) is 20.8. The minimum Gasteiger partial charge on any atom is -0.508 e. The highest BCUT2D eigenvalue weighted by atomic mass is 16.3. The number of fused-ring (bicyclic) bond motifs is 1. The molecule has 1 aliphatic carbocycles. The lowest BCUT2D eigenvalue weighted by Gasteiger charge is -2.23. The zero-order chi connectivity index (χ0) is 20.0. The number of amides is 1. The summed E-state index contributed by atoms with van der Waals surface area (Å²) in [6, 6.07) is 13.3. The van der Waals surface area contributed by atoms with E-state index in [1.807, 2.05) is 24.3 Å². The van der Waals surface area contributed by atoms with Gasteiger partial charge in [0, 0.05) is 11.1 Å². The van der Waals surface area contributed by atoms with Crippen LogP contribution in [0.5, 0.6) is 11.5 Å². The number of carbonyl (C=O) groups excluding carboxylic acids is 1. The Morgan fingerprint density at radius 3 is 2.14 bits per heavy atom. The molecule has 0 spiro atoms. The molecule has 2 N–H and O–H groups in total. The summed E-state index contributed by atoms with van der Waals surface area (Å²) < 4.78 is 0. The molecule has 1 atom stereocenters. The van der Waals surface area contributed by atoms with Gasteiger partial charge in [0.05, 0.1) is 6.21 Å². The smallest absolute Gasteiger partial charge is 0.273 e. The third kappa shape index (κ3) is 3.31. The summed E-state index contributed by atoms with van der Waals surface area (Å²) in [5.41, 5.74) is 3.33. The molecule has 1 unspecified atom stereocenters. The van der Waals surface area contributed by atoms with Crippen molar-refractivity contribution in [2.75, 3.05) is 0 Å². The first-order valence-electron chi connectivity index (χ1n) is 9.89. The van der Waals surface area contributed by atoms with Gasteiger partial charge in [0.15, 0.2) is 5.84 Å². The molecule has 0 bridgehead atoms. The van der Waals surface area contributed by atoms with Gasteiger partial charge in [-0.1, -0.05) is 37.1 Å². The Hall–Kier alpha value is -3.41. The number of hydrogen-bond donors (Lipinski definition) is 2. The fourth-order valence-corrected chi connectivity index (χ4v) is 3.85. The minimum atomic E-state index is -0.394. The number of nitrogens with zero attached hydrogens (tertiary/aromatic N) is 3. The SMILES string of the molecule is O=C1C(CCC2CC2)N=C2C(c3ccc(O)cc3)=C(c3ccc(O)cc3)C=NN12. The van der Waals surface area contributed by atoms with Crippen molar-refractivity contribution < 1.29 is 15.0 Å². The molecule has 3 aliphatic rings. The van der Waals surface area contributed by atoms with E-state index in [1.54, 1.807) is 30.5 Å². The first-order chi connectivity index (χ1) is 14.1. The van der Waals surface area contributed by atoms with Crippen LogP contribution in [0.1, 0.15) is 36.8 Å². The van der Waals surface area contributed by atoms with Gasteiger partial charge in [0.25, 0.3) is 5.91 Å². The first-order valence-corrected chi connectivity index (χ1v) is 9.89. The number of benzene rings is 2. The number of hydrogen-bond acceptors (Lipinski definition) is 5. The fraction of sp³-hybridized carbons (Fsp3) is 0.261. The Kier molecular flexibility index (Phi) is 4.19. The predicted molar refractivity (Wildman–Crippen MR) is 112 cm³/mol. The van der Waals surface area contributed by atoms with Gasteiger partial charge in [0.1, 0.15) is 17.5 Å². The van der Waals surface area contributed by atoms with Gasteiger partial charge in [-0.2, -0.15) is 10.1 Å². The number of phenolic OH excluding ortho intramolecular Hbond substituents is 2. The number of rotatable bonds is 5. The van der Waals surface area contributed by atoms with E-state index in [-0.39, 0.29) is 17.4 Å². The molecule has 1 amide bonds. The van der Waals surface area contributed by atoms with Crippen LogP contribution < -0.4 is 0 Å². The van der Waals surface area contributed by atoms with Crippen LogP contribution in [0.3, 0.4) is 0 Å². The molecule has 2 aromatic carbocycles. The maximum atomic E-state index is 12.9. The number of hydrazone groups is 1. The lowest BCUT2D eigenvalue weighted by atomic mass is 9.93. The van der Waals surface area contributed by atoms with E-state index < -0.39 is 6.04 Å². The van der Waals surface area contributed by atoms with Crippen LogP contribution in [0.25, 0.3) is 11.1 Å². The van der Waals surface area contributed by atoms with Crippen LogP contribution >= 0.6 is 0 Å². The van der Waals surface area contributed by atoms with Crippen molar-refractivity contribution in [3.63, 3.8) is 0 Å². The summed E-state index contributed by atoms with van der Waals surface area (Å²) in [5, 5.41) is 25.1. The highest BCUT2D eigenvalue weighted by Gasteiger charge is 2.40. The van der Waals surface area contributed by atoms with Gasteiger partial charge in [-0.05, 0) is 54.2 Å². The van der Waals surface area contributed by atoms with Crippen LogP contribution in [-0.2, 0) is 4.79 Å². The van der Waals surface area contributed by atoms with Crippen LogP contribution in [0, 0.1) is 5.92 Å². The number of amidine groups is 1. The third-order valence-electron chi connectivity index (χ3n) is 5.65. The van der Waals surface area contributed by atoms with E-state index in [2.05, 4.69) is 5.10 Å². The van der Waals surface area contributed by atoms with Crippen LogP contribution in [0.15, 0.2) is 58.6 Å². The lowest BCUT2D eigenvalue weighted by molar-refractivity contribution is -0.127. The maximum absolute atomic E-state index is 12.9. The average molecular weight is 387 g/mol. The van der Waals surface area contributed by atoms with Gasteiger partial charge in [-0.3, -0.25) is 9.79 Å². The highest BCUT2D eigenvalue weighted by molar-refractivity contribution is 6.42. The summed E-state index contributed by atoms with van der Waals surface area (Å²) in [6.45, 7) is 0. The molecule has 6 nitrogen and oxygen atoms in total. The van der Waals surface area contributed by atoms with Crippen LogP contribution in [0.2, 0.25) is 0 Å². The average Bonchev–Trinajstić information content (AvgIpc) is 3.51. The van der Waals surface area contributed by atoms with Gasteiger partial charge in [-0.25, -0.2) is 0 Å². The summed E-state index contributed by atoms with van der Waals surface area (Å²) in [4.78, 5) is 17.7. The number of aromatic hydroxyl groups is 2. The van der Waals surface area contributed by atoms with Crippen molar-refractivity contribution in [3.05, 3.63) is 59.7 Å². The second-order valence-electron chi connectivity index (χ2n) is 7.77. The Morgan fingerprint density at radius 1 is 0.897 bits per heavy atom. The lowest BCUT2D eigenvalue weighted by Crippen LogP contribution is -2.33. The Balaban J connectivity index is 1.61. The van der Waals surface area contributed by atoms with Crippen LogP contribution in [0.4, 0.5) is 0 Å². The molecule has 6 heteroatoms. The standard InChI is InChI=1S/C23H21N3O3/c27-17-8-4-15(5-9-17)19-13-24-26-22(21(19)16-6-10-18(28)11-7-16)25-20(23(26)29)12-3-14-1-2-14/h4-11,13-14,20,27-28H,1-3,12H2. The molecule has 146 valence electrons. The summed E-state index contributed by atoms with van der Waals surface area (Å²) in [6.07, 6.45) is 5.95. The van der Waals surface area contributed by atoms with E-state index in [0.717, 1.165) is 41.0 Å². The summed E-state index contributed by atoms with van der Waals surface area (Å²) >= 11 is 0. The Bertz CT molecular complexity index is 1050. The fourth-order valence-electron chi connectivity index (χ4n) is 3.85. The monoisotopic (exact) mass is 387 g/mol. The van der Waals surface area contributed by atoms with Gasteiger partial charge in [-0.15, -0.1) is 0 Å². The van der Waals surface area contributed by atoms with Crippen molar-refractivity contribution in [1.29, 1.82) is 0 Å². The number of allylic oxidation sites excluding steroid dienone is 1. The van der Waals surface area contributed by atoms with Crippen LogP contribution in [-0.4, -0.2) is 39.2 Å². The van der Waals surface area contributed by atoms with Gasteiger partial charge < -0.3 is 10.2 Å². The van der Waals surface area contributed by atoms with Crippen molar-refractivity contribution in [2.24, 2.45) is 16.0 Å². The molecular formula is C23H21N3O3. The molecular weight excluding hydrogens is 366 g/mol. The van der Waals surface area contributed by atoms with Gasteiger partial charge >= 0.3 is 0 Å². The Morgan fingerprint density at radius 2 is 1.52 bits per heavy atom. The molecule has 0 aromatic heterocycles. The summed E-state index contributed by atoms with van der Waals surface area (Å²) in [7, 11) is 0. The van der Waals surface area contributed by atoms with E-state index in [9.17, 15) is 15.0 Å². The predicted octanol–water partition coefficient (Wildman–Crippen LogP) is 3.81. The highest BCUT2D eigenvalue weighted by Crippen LogP contribution is 2.38. The van der Waals surface area contributed by atoms with Crippen molar-refractivity contribution in [1.82, 2.24) is 5.01 Å². The maximum Gasteiger partial charge on any atom is 0.273 e. The van der Waals surface area contributed by atoms with Gasteiger partial charge in [0.2, 0.25) is 0 Å². The van der Waals surface area contributed by atoms with E-state index in [4.69, 9.17) is 4.99 Å². The minimum absolute atomic E-state index is 0.0852. The third-order valence-corrected chi connectivity index (χ3v) is 5.65. The quantitative estimate of drug-likeness (QED) is 0.818. The molecule has 2 aromatic rings. The summed E-state index contributed by atoms with van der Waals surface area (Å²) in [5.74, 6) is 1.56. The molecule has 1 saturated carbocycles. The van der Waals surface area contributed by atoms with Crippen molar-refractivity contribution in [2.45, 2.75) is 31.7 Å². The molecule has 29 heavy (non-hydrogen) atoms. The first kappa shape index (κ1) is 17.7. The molecule has 2 heterocycles. The molecule has 0 radical (unpaired) electrons. The van der Waals surface area contributed by atoms with Crippen molar-refractivity contribution >= 4 is 29.1 Å². The second kappa shape index (κ2) is 6.88. The van der Waals surface area contributed by atoms with E-state index in [0.29, 0.717) is 5.84 Å². The van der Waals surface area contributed by atoms with E-state index in [1.165, 1.54) is 17.9 Å². The number of carbonyl (C=O) groups is 1. The zero-order valence-corrected chi connectivity index (χ0v) is 15.8. The number of aliphatic imine (C=N–C) groups is 1. The van der Waals surface area contributed by atoms with Crippen molar-refractivity contribution in [3.8, 4) is 11.5 Å². The molecule has 0 saturated heterocycles. The molecule has 5 rings (SSSR count). The number of phenols is 2. The topological polar surface area (TPSA) is 85.5 Å². The second-order valence-corrected chi connectivity index (χ2v) is 7.77. The molecule has 2 aliphatic heterocycles. The zero-order valence-electron chi connectivity index (χ0n) is 15.8. The molecule has 1 fully saturated rings.